The molecular weight excluding hydrogens is 438 g/mol. The summed E-state index contributed by atoms with van der Waals surface area (Å²) >= 11 is 0. The van der Waals surface area contributed by atoms with E-state index in [-0.39, 0.29) is 12.5 Å². The number of H-pyrrole nitrogens is 1. The molecule has 0 unspecified atom stereocenters. The standard InChI is InChI=1S/C24H27N5O5/c30-21(31)14-19(16-6-8-18-20(13-16)34-23(32)27-18)29-12-11-28(24(29)33)10-2-4-17-7-5-15-3-1-9-25-22(15)26-17/h5-8,13,19H,1-4,9-12,14H2,(H,25,26)(H,27,32)(H,30,31)/t19-/m0/s1. The number of pyridine rings is 1. The van der Waals surface area contributed by atoms with Gasteiger partial charge in [-0.15, -0.1) is 0 Å². The number of benzene rings is 1. The van der Waals surface area contributed by atoms with Crippen molar-refractivity contribution in [2.75, 3.05) is 31.5 Å². The zero-order valence-electron chi connectivity index (χ0n) is 18.7. The lowest BCUT2D eigenvalue weighted by Gasteiger charge is -2.27. The molecule has 10 nitrogen and oxygen atoms in total. The zero-order valence-corrected chi connectivity index (χ0v) is 18.7. The molecule has 1 fully saturated rings. The van der Waals surface area contributed by atoms with Crippen LogP contribution in [0.2, 0.25) is 0 Å². The molecule has 1 atom stereocenters. The van der Waals surface area contributed by atoms with E-state index in [0.717, 1.165) is 43.7 Å². The third-order valence-electron chi connectivity index (χ3n) is 6.51. The molecule has 1 aromatic carbocycles. The molecule has 3 aromatic rings. The lowest BCUT2D eigenvalue weighted by Crippen LogP contribution is -2.36. The topological polar surface area (TPSA) is 132 Å². The molecule has 2 amide bonds. The maximum Gasteiger partial charge on any atom is 0.417 e. The fourth-order valence-corrected chi connectivity index (χ4v) is 4.80. The highest BCUT2D eigenvalue weighted by Gasteiger charge is 2.35. The van der Waals surface area contributed by atoms with Crippen LogP contribution in [0.5, 0.6) is 0 Å². The molecule has 10 heteroatoms. The third kappa shape index (κ3) is 4.48. The number of amides is 2. The van der Waals surface area contributed by atoms with Gasteiger partial charge in [-0.1, -0.05) is 12.1 Å². The summed E-state index contributed by atoms with van der Waals surface area (Å²) in [6.07, 6.45) is 3.48. The van der Waals surface area contributed by atoms with Crippen molar-refractivity contribution in [2.24, 2.45) is 0 Å². The number of nitrogens with zero attached hydrogens (tertiary/aromatic N) is 3. The number of nitrogens with one attached hydrogen (secondary N) is 2. The average molecular weight is 466 g/mol. The normalized spacial score (nSPS) is 16.5. The monoisotopic (exact) mass is 465 g/mol. The molecule has 2 aliphatic rings. The van der Waals surface area contributed by atoms with Crippen LogP contribution in [0.25, 0.3) is 11.1 Å². The van der Waals surface area contributed by atoms with E-state index in [1.165, 1.54) is 5.56 Å². The number of urea groups is 1. The first kappa shape index (κ1) is 22.0. The minimum atomic E-state index is -1.00. The number of aryl methyl sites for hydroxylation is 2. The molecule has 178 valence electrons. The van der Waals surface area contributed by atoms with E-state index >= 15 is 0 Å². The number of carboxylic acid groups (broad SMARTS) is 1. The Morgan fingerprint density at radius 2 is 2.09 bits per heavy atom. The van der Waals surface area contributed by atoms with E-state index in [1.807, 2.05) is 0 Å². The van der Waals surface area contributed by atoms with Gasteiger partial charge in [-0.2, -0.15) is 0 Å². The van der Waals surface area contributed by atoms with Crippen LogP contribution in [0.15, 0.2) is 39.5 Å². The van der Waals surface area contributed by atoms with Gasteiger partial charge in [0.2, 0.25) is 0 Å². The molecule has 4 heterocycles. The molecule has 2 aliphatic heterocycles. The van der Waals surface area contributed by atoms with Gasteiger partial charge in [0.05, 0.1) is 18.0 Å². The van der Waals surface area contributed by atoms with E-state index in [4.69, 9.17) is 9.40 Å². The minimum Gasteiger partial charge on any atom is -0.481 e. The van der Waals surface area contributed by atoms with Crippen molar-refractivity contribution >= 4 is 28.9 Å². The summed E-state index contributed by atoms with van der Waals surface area (Å²) in [6, 6.07) is 8.40. The van der Waals surface area contributed by atoms with Gasteiger partial charge in [-0.3, -0.25) is 9.78 Å². The van der Waals surface area contributed by atoms with Crippen LogP contribution >= 0.6 is 0 Å². The summed E-state index contributed by atoms with van der Waals surface area (Å²) in [5, 5.41) is 12.8. The van der Waals surface area contributed by atoms with E-state index < -0.39 is 17.8 Å². The van der Waals surface area contributed by atoms with Gasteiger partial charge >= 0.3 is 17.8 Å². The van der Waals surface area contributed by atoms with Gasteiger partial charge in [-0.25, -0.2) is 14.6 Å². The first-order chi connectivity index (χ1) is 16.5. The Balaban J connectivity index is 1.25. The lowest BCUT2D eigenvalue weighted by atomic mass is 10.0. The van der Waals surface area contributed by atoms with E-state index in [0.29, 0.717) is 36.3 Å². The first-order valence-corrected chi connectivity index (χ1v) is 11.6. The van der Waals surface area contributed by atoms with Gasteiger partial charge in [-0.05, 0) is 55.0 Å². The molecule has 0 bridgehead atoms. The highest BCUT2D eigenvalue weighted by atomic mass is 16.4. The number of aromatic amines is 1. The first-order valence-electron chi connectivity index (χ1n) is 11.6. The third-order valence-corrected chi connectivity index (χ3v) is 6.51. The van der Waals surface area contributed by atoms with Crippen LogP contribution in [-0.2, 0) is 17.6 Å². The van der Waals surface area contributed by atoms with Crippen molar-refractivity contribution in [3.05, 3.63) is 57.7 Å². The summed E-state index contributed by atoms with van der Waals surface area (Å²) in [5.41, 5.74) is 3.75. The fourth-order valence-electron chi connectivity index (χ4n) is 4.80. The Hall–Kier alpha value is -3.82. The summed E-state index contributed by atoms with van der Waals surface area (Å²) in [7, 11) is 0. The van der Waals surface area contributed by atoms with Crippen LogP contribution in [0.3, 0.4) is 0 Å². The largest absolute Gasteiger partial charge is 0.481 e. The van der Waals surface area contributed by atoms with Crippen molar-refractivity contribution in [2.45, 2.75) is 38.1 Å². The highest BCUT2D eigenvalue weighted by molar-refractivity contribution is 5.79. The number of aromatic nitrogens is 2. The summed E-state index contributed by atoms with van der Waals surface area (Å²) in [4.78, 5) is 46.9. The maximum atomic E-state index is 13.2. The molecular formula is C24H27N5O5. The van der Waals surface area contributed by atoms with Crippen molar-refractivity contribution in [1.82, 2.24) is 19.8 Å². The van der Waals surface area contributed by atoms with Crippen molar-refractivity contribution in [1.29, 1.82) is 0 Å². The Morgan fingerprint density at radius 1 is 1.21 bits per heavy atom. The van der Waals surface area contributed by atoms with Gasteiger partial charge in [0, 0.05) is 31.9 Å². The van der Waals surface area contributed by atoms with Crippen LogP contribution in [0.1, 0.15) is 42.1 Å². The molecule has 34 heavy (non-hydrogen) atoms. The van der Waals surface area contributed by atoms with Crippen molar-refractivity contribution in [3.63, 3.8) is 0 Å². The number of anilines is 1. The number of carbonyl (C=O) groups is 2. The number of rotatable bonds is 8. The smallest absolute Gasteiger partial charge is 0.417 e. The van der Waals surface area contributed by atoms with Gasteiger partial charge < -0.3 is 24.6 Å². The number of carboxylic acids is 1. The number of hydrogen-bond donors (Lipinski definition) is 3. The van der Waals surface area contributed by atoms with Crippen LogP contribution < -0.4 is 11.1 Å². The van der Waals surface area contributed by atoms with E-state index in [9.17, 15) is 19.5 Å². The molecule has 2 aromatic heterocycles. The summed E-state index contributed by atoms with van der Waals surface area (Å²) in [6.45, 7) is 2.50. The number of oxazole rings is 1. The fraction of sp³-hybridized carbons (Fsp3) is 0.417. The van der Waals surface area contributed by atoms with Crippen molar-refractivity contribution in [3.8, 4) is 0 Å². The van der Waals surface area contributed by atoms with Gasteiger partial charge in [0.25, 0.3) is 0 Å². The molecule has 3 N–H and O–H groups in total. The predicted octanol–water partition coefficient (Wildman–Crippen LogP) is 2.76. The van der Waals surface area contributed by atoms with Crippen LogP contribution in [0, 0.1) is 0 Å². The average Bonchev–Trinajstić information content (AvgIpc) is 3.38. The number of carbonyl (C=O) groups excluding carboxylic acids is 1. The zero-order chi connectivity index (χ0) is 23.7. The molecule has 1 saturated heterocycles. The Bertz CT molecular complexity index is 1280. The molecule has 0 spiro atoms. The Kier molecular flexibility index (Phi) is 5.95. The van der Waals surface area contributed by atoms with Crippen LogP contribution in [-0.4, -0.2) is 63.1 Å². The summed E-state index contributed by atoms with van der Waals surface area (Å²) in [5.74, 6) is -0.604. The summed E-state index contributed by atoms with van der Waals surface area (Å²) < 4.78 is 5.12. The van der Waals surface area contributed by atoms with E-state index in [2.05, 4.69) is 22.4 Å². The second kappa shape index (κ2) is 9.20. The highest BCUT2D eigenvalue weighted by Crippen LogP contribution is 2.30. The molecule has 5 rings (SSSR count). The second-order valence-electron chi connectivity index (χ2n) is 8.79. The van der Waals surface area contributed by atoms with Crippen LogP contribution in [0.4, 0.5) is 10.6 Å². The SMILES string of the molecule is O=C(O)C[C@@H](c1ccc2[nH]c(=O)oc2c1)N1CCN(CCCc2ccc3c(n2)NCCC3)C1=O. The number of hydrogen-bond acceptors (Lipinski definition) is 6. The Labute approximate surface area is 195 Å². The second-order valence-corrected chi connectivity index (χ2v) is 8.79. The Morgan fingerprint density at radius 3 is 2.94 bits per heavy atom. The van der Waals surface area contributed by atoms with Gasteiger partial charge in [0.1, 0.15) is 5.82 Å². The minimum absolute atomic E-state index is 0.179. The van der Waals surface area contributed by atoms with Crippen molar-refractivity contribution < 1.29 is 19.1 Å². The maximum absolute atomic E-state index is 13.2. The molecule has 0 aliphatic carbocycles. The predicted molar refractivity (Wildman–Crippen MR) is 125 cm³/mol. The molecule has 0 saturated carbocycles. The number of fused-ring (bicyclic) bond motifs is 2. The number of aliphatic carboxylic acids is 1. The molecule has 0 radical (unpaired) electrons. The van der Waals surface area contributed by atoms with Gasteiger partial charge in [0.15, 0.2) is 5.58 Å². The van der Waals surface area contributed by atoms with E-state index in [1.54, 1.807) is 28.0 Å². The lowest BCUT2D eigenvalue weighted by molar-refractivity contribution is -0.138. The quantitative estimate of drug-likeness (QED) is 0.466.